The molecule has 0 saturated heterocycles. The van der Waals surface area contributed by atoms with E-state index < -0.39 is 0 Å². The van der Waals surface area contributed by atoms with Gasteiger partial charge in [0.25, 0.3) is 0 Å². The van der Waals surface area contributed by atoms with Crippen molar-refractivity contribution < 1.29 is 4.79 Å². The van der Waals surface area contributed by atoms with Gasteiger partial charge in [-0.15, -0.1) is 0 Å². The molecule has 1 aliphatic carbocycles. The van der Waals surface area contributed by atoms with Crippen LogP contribution in [0.1, 0.15) is 46.0 Å². The average Bonchev–Trinajstić information content (AvgIpc) is 2.58. The minimum Gasteiger partial charge on any atom is -0.355 e. The molecule has 2 atom stereocenters. The third-order valence-corrected chi connectivity index (χ3v) is 3.41. The lowest BCUT2D eigenvalue weighted by Crippen LogP contribution is -2.42. The lowest BCUT2D eigenvalue weighted by atomic mass is 9.96. The lowest BCUT2D eigenvalue weighted by molar-refractivity contribution is -0.120. The molecule has 1 rings (SSSR count). The van der Waals surface area contributed by atoms with Crippen molar-refractivity contribution in [3.63, 3.8) is 0 Å². The van der Waals surface area contributed by atoms with Crippen LogP contribution in [0.15, 0.2) is 0 Å². The van der Waals surface area contributed by atoms with E-state index in [2.05, 4.69) is 30.6 Å². The number of hydrogen-bond donors (Lipinski definition) is 2. The van der Waals surface area contributed by atoms with Gasteiger partial charge in [-0.25, -0.2) is 0 Å². The highest BCUT2D eigenvalue weighted by Gasteiger charge is 2.23. The number of rotatable bonds is 5. The molecule has 4 heteroatoms. The number of carbonyl (C=O) groups excluding carboxylic acids is 1. The van der Waals surface area contributed by atoms with Gasteiger partial charge < -0.3 is 10.6 Å². The van der Waals surface area contributed by atoms with Crippen molar-refractivity contribution in [3.8, 4) is 6.07 Å². The maximum absolute atomic E-state index is 11.6. The molecule has 0 heterocycles. The smallest absolute Gasteiger partial charge is 0.233 e. The molecule has 1 saturated carbocycles. The molecule has 0 radical (unpaired) electrons. The van der Waals surface area contributed by atoms with E-state index in [-0.39, 0.29) is 17.9 Å². The fraction of sp³-hybridized carbons (Fsp3) is 0.857. The summed E-state index contributed by atoms with van der Waals surface area (Å²) < 4.78 is 0. The highest BCUT2D eigenvalue weighted by molar-refractivity contribution is 5.78. The summed E-state index contributed by atoms with van der Waals surface area (Å²) in [6.45, 7) is 5.19. The standard InChI is InChI=1S/C14H25N3O/c1-11(2)9-17-14(18)10-16-13-7-5-3-4-6-12(13)8-15/h11-13,16H,3-7,9-10H2,1-2H3,(H,17,18). The summed E-state index contributed by atoms with van der Waals surface area (Å²) in [6, 6.07) is 2.56. The molecule has 0 aliphatic heterocycles. The van der Waals surface area contributed by atoms with Gasteiger partial charge in [0.15, 0.2) is 0 Å². The van der Waals surface area contributed by atoms with Crippen LogP contribution in [0.4, 0.5) is 0 Å². The van der Waals surface area contributed by atoms with Crippen molar-refractivity contribution >= 4 is 5.91 Å². The Kier molecular flexibility index (Phi) is 6.74. The molecule has 102 valence electrons. The topological polar surface area (TPSA) is 64.9 Å². The molecule has 1 fully saturated rings. The molecule has 2 N–H and O–H groups in total. The monoisotopic (exact) mass is 251 g/mol. The molecule has 4 nitrogen and oxygen atoms in total. The van der Waals surface area contributed by atoms with Crippen LogP contribution in [0, 0.1) is 23.2 Å². The molecule has 0 aromatic carbocycles. The Balaban J connectivity index is 2.31. The number of nitrogens with one attached hydrogen (secondary N) is 2. The summed E-state index contributed by atoms with van der Waals surface area (Å²) in [6.07, 6.45) is 5.47. The normalized spacial score (nSPS) is 24.3. The van der Waals surface area contributed by atoms with Crippen LogP contribution >= 0.6 is 0 Å². The molecule has 2 unspecified atom stereocenters. The Hall–Kier alpha value is -1.08. The van der Waals surface area contributed by atoms with E-state index in [0.717, 1.165) is 25.7 Å². The maximum atomic E-state index is 11.6. The third-order valence-electron chi connectivity index (χ3n) is 3.41. The lowest BCUT2D eigenvalue weighted by Gasteiger charge is -2.20. The predicted octanol–water partition coefficient (Wildman–Crippen LogP) is 1.82. The molecule has 18 heavy (non-hydrogen) atoms. The summed E-state index contributed by atoms with van der Waals surface area (Å²) in [5.74, 6) is 0.564. The Bertz CT molecular complexity index is 296. The van der Waals surface area contributed by atoms with Gasteiger partial charge in [0.05, 0.1) is 18.5 Å². The first kappa shape index (κ1) is 15.0. The maximum Gasteiger partial charge on any atom is 0.233 e. The van der Waals surface area contributed by atoms with Crippen LogP contribution in [-0.2, 0) is 4.79 Å². The van der Waals surface area contributed by atoms with Crippen LogP contribution in [0.2, 0.25) is 0 Å². The Morgan fingerprint density at radius 2 is 2.06 bits per heavy atom. The van der Waals surface area contributed by atoms with Crippen molar-refractivity contribution in [1.29, 1.82) is 5.26 Å². The van der Waals surface area contributed by atoms with Gasteiger partial charge in [0, 0.05) is 12.6 Å². The second kappa shape index (κ2) is 8.10. The molecule has 0 aromatic rings. The second-order valence-electron chi connectivity index (χ2n) is 5.56. The van der Waals surface area contributed by atoms with Gasteiger partial charge in [-0.1, -0.05) is 33.1 Å². The van der Waals surface area contributed by atoms with Crippen LogP contribution in [-0.4, -0.2) is 25.0 Å². The number of nitriles is 1. The molecular weight excluding hydrogens is 226 g/mol. The van der Waals surface area contributed by atoms with Crippen LogP contribution in [0.5, 0.6) is 0 Å². The average molecular weight is 251 g/mol. The zero-order valence-corrected chi connectivity index (χ0v) is 11.5. The van der Waals surface area contributed by atoms with Gasteiger partial charge in [0.1, 0.15) is 0 Å². The Morgan fingerprint density at radius 1 is 1.33 bits per heavy atom. The summed E-state index contributed by atoms with van der Waals surface area (Å²) in [7, 11) is 0. The zero-order valence-electron chi connectivity index (χ0n) is 11.5. The first-order chi connectivity index (χ1) is 8.63. The van der Waals surface area contributed by atoms with Crippen molar-refractivity contribution in [2.24, 2.45) is 11.8 Å². The van der Waals surface area contributed by atoms with Gasteiger partial charge in [-0.3, -0.25) is 4.79 Å². The van der Waals surface area contributed by atoms with E-state index in [1.54, 1.807) is 0 Å². The van der Waals surface area contributed by atoms with Crippen molar-refractivity contribution in [3.05, 3.63) is 0 Å². The SMILES string of the molecule is CC(C)CNC(=O)CNC1CCCCCC1C#N. The second-order valence-corrected chi connectivity index (χ2v) is 5.56. The van der Waals surface area contributed by atoms with Gasteiger partial charge in [0.2, 0.25) is 5.91 Å². The molecule has 0 aromatic heterocycles. The van der Waals surface area contributed by atoms with Crippen molar-refractivity contribution in [2.45, 2.75) is 52.0 Å². The zero-order chi connectivity index (χ0) is 13.4. The van der Waals surface area contributed by atoms with Crippen LogP contribution < -0.4 is 10.6 Å². The first-order valence-corrected chi connectivity index (χ1v) is 7.03. The molecule has 1 amide bonds. The quantitative estimate of drug-likeness (QED) is 0.733. The van der Waals surface area contributed by atoms with E-state index in [4.69, 9.17) is 5.26 Å². The van der Waals surface area contributed by atoms with Gasteiger partial charge >= 0.3 is 0 Å². The van der Waals surface area contributed by atoms with Gasteiger partial charge in [-0.05, 0) is 18.8 Å². The molecule has 0 spiro atoms. The fourth-order valence-electron chi connectivity index (χ4n) is 2.31. The van der Waals surface area contributed by atoms with Gasteiger partial charge in [-0.2, -0.15) is 5.26 Å². The largest absolute Gasteiger partial charge is 0.355 e. The number of amides is 1. The third kappa shape index (κ3) is 5.50. The molecular formula is C14H25N3O. The van der Waals surface area contributed by atoms with Crippen molar-refractivity contribution in [1.82, 2.24) is 10.6 Å². The summed E-state index contributed by atoms with van der Waals surface area (Å²) in [5.41, 5.74) is 0. The summed E-state index contributed by atoms with van der Waals surface area (Å²) in [4.78, 5) is 11.6. The van der Waals surface area contributed by atoms with E-state index in [1.807, 2.05) is 0 Å². The van der Waals surface area contributed by atoms with E-state index in [0.29, 0.717) is 19.0 Å². The van der Waals surface area contributed by atoms with E-state index in [1.165, 1.54) is 6.42 Å². The summed E-state index contributed by atoms with van der Waals surface area (Å²) in [5, 5.41) is 15.3. The molecule has 0 bridgehead atoms. The van der Waals surface area contributed by atoms with E-state index >= 15 is 0 Å². The number of hydrogen-bond acceptors (Lipinski definition) is 3. The minimum atomic E-state index is 0.0321. The van der Waals surface area contributed by atoms with Crippen LogP contribution in [0.25, 0.3) is 0 Å². The fourth-order valence-corrected chi connectivity index (χ4v) is 2.31. The first-order valence-electron chi connectivity index (χ1n) is 7.03. The predicted molar refractivity (Wildman–Crippen MR) is 71.8 cm³/mol. The van der Waals surface area contributed by atoms with E-state index in [9.17, 15) is 4.79 Å². The minimum absolute atomic E-state index is 0.0321. The Morgan fingerprint density at radius 3 is 2.72 bits per heavy atom. The summed E-state index contributed by atoms with van der Waals surface area (Å²) >= 11 is 0. The van der Waals surface area contributed by atoms with Crippen LogP contribution in [0.3, 0.4) is 0 Å². The highest BCUT2D eigenvalue weighted by Crippen LogP contribution is 2.22. The molecule has 1 aliphatic rings. The Labute approximate surface area is 110 Å². The highest BCUT2D eigenvalue weighted by atomic mass is 16.1. The number of nitrogens with zero attached hydrogens (tertiary/aromatic N) is 1. The number of carbonyl (C=O) groups is 1. The van der Waals surface area contributed by atoms with Crippen molar-refractivity contribution in [2.75, 3.05) is 13.1 Å².